The van der Waals surface area contributed by atoms with Gasteiger partial charge in [-0.1, -0.05) is 36.8 Å². The molecule has 0 saturated carbocycles. The maximum atomic E-state index is 12.2. The highest BCUT2D eigenvalue weighted by molar-refractivity contribution is 5.82. The van der Waals surface area contributed by atoms with Gasteiger partial charge in [0.25, 0.3) is 0 Å². The van der Waals surface area contributed by atoms with Crippen LogP contribution in [0.4, 0.5) is 0 Å². The average molecular weight is 249 g/mol. The number of rotatable bonds is 6. The molecule has 0 fully saturated rings. The molecule has 0 amide bonds. The molecule has 18 heavy (non-hydrogen) atoms. The lowest BCUT2D eigenvalue weighted by Crippen LogP contribution is -2.48. The van der Waals surface area contributed by atoms with Crippen molar-refractivity contribution in [2.24, 2.45) is 0 Å². The molecule has 0 aliphatic heterocycles. The molecule has 1 aromatic rings. The van der Waals surface area contributed by atoms with Crippen LogP contribution in [-0.4, -0.2) is 19.1 Å². The lowest BCUT2D eigenvalue weighted by Gasteiger charge is -2.29. The van der Waals surface area contributed by atoms with E-state index in [0.717, 1.165) is 18.5 Å². The molecule has 0 aromatic heterocycles. The van der Waals surface area contributed by atoms with Crippen LogP contribution in [0.3, 0.4) is 0 Å². The highest BCUT2D eigenvalue weighted by Gasteiger charge is 2.35. The summed E-state index contributed by atoms with van der Waals surface area (Å²) in [5.74, 6) is -0.220. The van der Waals surface area contributed by atoms with Crippen molar-refractivity contribution in [2.75, 3.05) is 13.2 Å². The Morgan fingerprint density at radius 2 is 1.89 bits per heavy atom. The van der Waals surface area contributed by atoms with Gasteiger partial charge in [0.05, 0.1) is 6.61 Å². The van der Waals surface area contributed by atoms with Crippen LogP contribution in [0, 0.1) is 6.92 Å². The maximum Gasteiger partial charge on any atom is 0.330 e. The summed E-state index contributed by atoms with van der Waals surface area (Å²) in [5.41, 5.74) is 1.36. The summed E-state index contributed by atoms with van der Waals surface area (Å²) in [6, 6.07) is 7.99. The van der Waals surface area contributed by atoms with E-state index in [1.54, 1.807) is 0 Å². The molecule has 1 N–H and O–H groups in total. The molecule has 0 bridgehead atoms. The van der Waals surface area contributed by atoms with E-state index in [0.29, 0.717) is 6.61 Å². The molecule has 0 radical (unpaired) electrons. The van der Waals surface area contributed by atoms with Crippen molar-refractivity contribution < 1.29 is 9.53 Å². The molecule has 100 valence electrons. The van der Waals surface area contributed by atoms with Crippen LogP contribution in [0.5, 0.6) is 0 Å². The Labute approximate surface area is 110 Å². The van der Waals surface area contributed by atoms with Crippen molar-refractivity contribution in [1.29, 1.82) is 0 Å². The summed E-state index contributed by atoms with van der Waals surface area (Å²) >= 11 is 0. The van der Waals surface area contributed by atoms with Crippen molar-refractivity contribution >= 4 is 5.97 Å². The van der Waals surface area contributed by atoms with E-state index in [1.807, 2.05) is 45.0 Å². The third-order valence-electron chi connectivity index (χ3n) is 3.04. The van der Waals surface area contributed by atoms with E-state index in [4.69, 9.17) is 4.74 Å². The first-order chi connectivity index (χ1) is 8.54. The largest absolute Gasteiger partial charge is 0.464 e. The normalized spacial score (nSPS) is 14.0. The van der Waals surface area contributed by atoms with E-state index >= 15 is 0 Å². The SMILES string of the molecule is CCCNC(C)(C(=O)OCC)c1ccc(C)cc1. The molecule has 0 saturated heterocycles. The number of hydrogen-bond donors (Lipinski definition) is 1. The topological polar surface area (TPSA) is 38.3 Å². The zero-order chi connectivity index (χ0) is 13.6. The highest BCUT2D eigenvalue weighted by Crippen LogP contribution is 2.23. The molecule has 0 spiro atoms. The minimum absolute atomic E-state index is 0.220. The van der Waals surface area contributed by atoms with Gasteiger partial charge >= 0.3 is 5.97 Å². The summed E-state index contributed by atoms with van der Waals surface area (Å²) in [6.07, 6.45) is 0.973. The van der Waals surface area contributed by atoms with Gasteiger partial charge < -0.3 is 4.74 Å². The van der Waals surface area contributed by atoms with Gasteiger partial charge in [0, 0.05) is 0 Å². The van der Waals surface area contributed by atoms with E-state index in [2.05, 4.69) is 12.2 Å². The number of carbonyl (C=O) groups excluding carboxylic acids is 1. The zero-order valence-electron chi connectivity index (χ0n) is 11.7. The summed E-state index contributed by atoms with van der Waals surface area (Å²) in [5, 5.41) is 3.29. The Hall–Kier alpha value is -1.35. The summed E-state index contributed by atoms with van der Waals surface area (Å²) in [6.45, 7) is 8.99. The predicted molar refractivity (Wildman–Crippen MR) is 73.5 cm³/mol. The van der Waals surface area contributed by atoms with Crippen LogP contribution < -0.4 is 5.32 Å². The van der Waals surface area contributed by atoms with Crippen molar-refractivity contribution in [3.63, 3.8) is 0 Å². The minimum atomic E-state index is -0.764. The number of esters is 1. The van der Waals surface area contributed by atoms with Gasteiger partial charge in [0.15, 0.2) is 0 Å². The molecular formula is C15H23NO2. The second-order valence-corrected chi connectivity index (χ2v) is 4.64. The first-order valence-corrected chi connectivity index (χ1v) is 6.54. The Morgan fingerprint density at radius 1 is 1.28 bits per heavy atom. The first-order valence-electron chi connectivity index (χ1n) is 6.54. The number of hydrogen-bond acceptors (Lipinski definition) is 3. The Kier molecular flexibility index (Phi) is 5.35. The van der Waals surface area contributed by atoms with Crippen molar-refractivity contribution in [1.82, 2.24) is 5.32 Å². The van der Waals surface area contributed by atoms with Crippen LogP contribution in [-0.2, 0) is 15.1 Å². The standard InChI is InChI=1S/C15H23NO2/c1-5-11-16-15(4,14(17)18-6-2)13-9-7-12(3)8-10-13/h7-10,16H,5-6,11H2,1-4H3. The summed E-state index contributed by atoms with van der Waals surface area (Å²) < 4.78 is 5.19. The molecule has 1 aromatic carbocycles. The molecule has 0 aliphatic rings. The van der Waals surface area contributed by atoms with Crippen molar-refractivity contribution in [3.05, 3.63) is 35.4 Å². The molecule has 1 unspecified atom stereocenters. The lowest BCUT2D eigenvalue weighted by atomic mass is 9.91. The van der Waals surface area contributed by atoms with Crippen LogP contribution in [0.1, 0.15) is 38.3 Å². The number of carbonyl (C=O) groups is 1. The number of nitrogens with one attached hydrogen (secondary N) is 1. The van der Waals surface area contributed by atoms with Gasteiger partial charge in [-0.25, -0.2) is 4.79 Å². The highest BCUT2D eigenvalue weighted by atomic mass is 16.5. The van der Waals surface area contributed by atoms with Gasteiger partial charge in [-0.05, 0) is 39.3 Å². The van der Waals surface area contributed by atoms with Crippen LogP contribution in [0.15, 0.2) is 24.3 Å². The van der Waals surface area contributed by atoms with E-state index in [1.165, 1.54) is 5.56 Å². The monoisotopic (exact) mass is 249 g/mol. The molecule has 3 heteroatoms. The fourth-order valence-corrected chi connectivity index (χ4v) is 1.83. The van der Waals surface area contributed by atoms with E-state index < -0.39 is 5.54 Å². The summed E-state index contributed by atoms with van der Waals surface area (Å²) in [7, 11) is 0. The van der Waals surface area contributed by atoms with Gasteiger partial charge in [-0.3, -0.25) is 5.32 Å². The van der Waals surface area contributed by atoms with Gasteiger partial charge in [0.1, 0.15) is 5.54 Å². The van der Waals surface area contributed by atoms with Crippen LogP contribution in [0.2, 0.25) is 0 Å². The first kappa shape index (κ1) is 14.7. The maximum absolute atomic E-state index is 12.2. The van der Waals surface area contributed by atoms with Gasteiger partial charge in [-0.15, -0.1) is 0 Å². The Balaban J connectivity index is 3.02. The fraction of sp³-hybridized carbons (Fsp3) is 0.533. The smallest absolute Gasteiger partial charge is 0.330 e. The molecule has 3 nitrogen and oxygen atoms in total. The van der Waals surface area contributed by atoms with Gasteiger partial charge in [0.2, 0.25) is 0 Å². The second-order valence-electron chi connectivity index (χ2n) is 4.64. The van der Waals surface area contributed by atoms with Crippen molar-refractivity contribution in [3.8, 4) is 0 Å². The Morgan fingerprint density at radius 3 is 2.39 bits per heavy atom. The molecular weight excluding hydrogens is 226 g/mol. The molecule has 1 rings (SSSR count). The number of benzene rings is 1. The van der Waals surface area contributed by atoms with E-state index in [9.17, 15) is 4.79 Å². The lowest BCUT2D eigenvalue weighted by molar-refractivity contribution is -0.151. The van der Waals surface area contributed by atoms with E-state index in [-0.39, 0.29) is 5.97 Å². The molecule has 0 heterocycles. The fourth-order valence-electron chi connectivity index (χ4n) is 1.83. The van der Waals surface area contributed by atoms with Crippen LogP contribution in [0.25, 0.3) is 0 Å². The minimum Gasteiger partial charge on any atom is -0.464 e. The number of ether oxygens (including phenoxy) is 1. The molecule has 1 atom stereocenters. The van der Waals surface area contributed by atoms with Crippen molar-refractivity contribution in [2.45, 2.75) is 39.7 Å². The quantitative estimate of drug-likeness (QED) is 0.788. The number of aryl methyl sites for hydroxylation is 1. The zero-order valence-corrected chi connectivity index (χ0v) is 11.7. The Bertz CT molecular complexity index is 386. The predicted octanol–water partition coefficient (Wildman–Crippen LogP) is 2.77. The molecule has 0 aliphatic carbocycles. The third-order valence-corrected chi connectivity index (χ3v) is 3.04. The average Bonchev–Trinajstić information content (AvgIpc) is 2.37. The van der Waals surface area contributed by atoms with Crippen LogP contribution >= 0.6 is 0 Å². The summed E-state index contributed by atoms with van der Waals surface area (Å²) in [4.78, 5) is 12.2. The van der Waals surface area contributed by atoms with Gasteiger partial charge in [-0.2, -0.15) is 0 Å². The second kappa shape index (κ2) is 6.55. The third kappa shape index (κ3) is 3.33.